The molecule has 3 saturated carbocycles. The van der Waals surface area contributed by atoms with Gasteiger partial charge in [-0.2, -0.15) is 0 Å². The topological polar surface area (TPSA) is 20.2 Å². The predicted octanol–water partition coefficient (Wildman–Crippen LogP) is 7.61. The Balaban J connectivity index is 1.41. The molecule has 0 heterocycles. The molecule has 0 radical (unpaired) electrons. The van der Waals surface area contributed by atoms with E-state index in [1.807, 2.05) is 0 Å². The van der Waals surface area contributed by atoms with E-state index in [0.29, 0.717) is 6.61 Å². The van der Waals surface area contributed by atoms with E-state index in [4.69, 9.17) is 0 Å². The minimum atomic E-state index is 0.400. The molecule has 0 saturated heterocycles. The summed E-state index contributed by atoms with van der Waals surface area (Å²) >= 11 is 0. The van der Waals surface area contributed by atoms with Gasteiger partial charge >= 0.3 is 0 Å². The first-order valence-electron chi connectivity index (χ1n) is 12.9. The zero-order valence-electron chi connectivity index (χ0n) is 18.5. The smallest absolute Gasteiger partial charge is 0.0433 e. The van der Waals surface area contributed by atoms with Gasteiger partial charge in [-0.05, 0) is 99.2 Å². The van der Waals surface area contributed by atoms with Gasteiger partial charge in [-0.3, -0.25) is 0 Å². The molecular formula is C26H48O. The van der Waals surface area contributed by atoms with Crippen molar-refractivity contribution in [1.29, 1.82) is 0 Å². The van der Waals surface area contributed by atoms with Crippen LogP contribution in [0, 0.1) is 41.4 Å². The van der Waals surface area contributed by atoms with E-state index in [0.717, 1.165) is 47.8 Å². The van der Waals surface area contributed by atoms with Gasteiger partial charge in [-0.15, -0.1) is 0 Å². The average molecular weight is 377 g/mol. The van der Waals surface area contributed by atoms with Crippen LogP contribution in [0.2, 0.25) is 0 Å². The summed E-state index contributed by atoms with van der Waals surface area (Å²) in [5, 5.41) is 9.30. The lowest BCUT2D eigenvalue weighted by Gasteiger charge is -2.44. The molecule has 3 fully saturated rings. The molecule has 0 aromatic rings. The maximum Gasteiger partial charge on any atom is 0.0433 e. The first-order valence-corrected chi connectivity index (χ1v) is 12.9. The van der Waals surface area contributed by atoms with E-state index in [1.54, 1.807) is 25.7 Å². The molecule has 0 aliphatic heterocycles. The highest BCUT2D eigenvalue weighted by Crippen LogP contribution is 2.48. The number of unbranched alkanes of at least 4 members (excludes halogenated alkanes) is 1. The predicted molar refractivity (Wildman–Crippen MR) is 117 cm³/mol. The monoisotopic (exact) mass is 376 g/mol. The number of aliphatic hydroxyl groups excluding tert-OH is 1. The van der Waals surface area contributed by atoms with Gasteiger partial charge in [0.05, 0.1) is 0 Å². The molecule has 1 N–H and O–H groups in total. The summed E-state index contributed by atoms with van der Waals surface area (Å²) < 4.78 is 0. The van der Waals surface area contributed by atoms with Crippen molar-refractivity contribution in [2.75, 3.05) is 6.61 Å². The van der Waals surface area contributed by atoms with Crippen LogP contribution in [0.1, 0.15) is 117 Å². The first-order chi connectivity index (χ1) is 13.2. The van der Waals surface area contributed by atoms with E-state index in [2.05, 4.69) is 13.8 Å². The average Bonchev–Trinajstić information content (AvgIpc) is 2.73. The van der Waals surface area contributed by atoms with Crippen molar-refractivity contribution in [2.45, 2.75) is 117 Å². The minimum Gasteiger partial charge on any atom is -0.396 e. The lowest BCUT2D eigenvalue weighted by Crippen LogP contribution is -2.34. The van der Waals surface area contributed by atoms with Gasteiger partial charge in [0, 0.05) is 6.61 Å². The molecule has 3 rings (SSSR count). The highest BCUT2D eigenvalue weighted by Gasteiger charge is 2.37. The van der Waals surface area contributed by atoms with Crippen molar-refractivity contribution in [3.05, 3.63) is 0 Å². The third kappa shape index (κ3) is 5.97. The van der Waals surface area contributed by atoms with E-state index in [-0.39, 0.29) is 0 Å². The summed E-state index contributed by atoms with van der Waals surface area (Å²) in [4.78, 5) is 0. The molecule has 0 bridgehead atoms. The van der Waals surface area contributed by atoms with Crippen molar-refractivity contribution >= 4 is 0 Å². The molecule has 3 unspecified atom stereocenters. The van der Waals surface area contributed by atoms with Crippen LogP contribution >= 0.6 is 0 Å². The highest BCUT2D eigenvalue weighted by atomic mass is 16.3. The van der Waals surface area contributed by atoms with E-state index < -0.39 is 0 Å². The summed E-state index contributed by atoms with van der Waals surface area (Å²) in [6.07, 6.45) is 23.4. The summed E-state index contributed by atoms with van der Waals surface area (Å²) in [6.45, 7) is 5.16. The van der Waals surface area contributed by atoms with Crippen LogP contribution in [0.25, 0.3) is 0 Å². The standard InChI is InChI=1S/C26H48O/c1-3-5-6-20-7-10-23(11-8-20)24-12-14-25(15-13-24)26-16-9-21(17-18-27)19-22(26)4-2/h20-27H,3-19H2,1-2H3. The van der Waals surface area contributed by atoms with Crippen molar-refractivity contribution < 1.29 is 5.11 Å². The Morgan fingerprint density at radius 2 is 1.26 bits per heavy atom. The van der Waals surface area contributed by atoms with Crippen molar-refractivity contribution in [3.8, 4) is 0 Å². The lowest BCUT2D eigenvalue weighted by atomic mass is 9.61. The lowest BCUT2D eigenvalue weighted by molar-refractivity contribution is 0.0609. The molecule has 1 heteroatoms. The Kier molecular flexibility index (Phi) is 9.01. The molecule has 158 valence electrons. The normalized spacial score (nSPS) is 40.8. The van der Waals surface area contributed by atoms with Crippen molar-refractivity contribution in [3.63, 3.8) is 0 Å². The van der Waals surface area contributed by atoms with Crippen LogP contribution in [-0.4, -0.2) is 11.7 Å². The van der Waals surface area contributed by atoms with Crippen LogP contribution in [0.5, 0.6) is 0 Å². The maximum absolute atomic E-state index is 9.30. The Hall–Kier alpha value is -0.0400. The molecular weight excluding hydrogens is 328 g/mol. The third-order valence-electron chi connectivity index (χ3n) is 9.16. The second-order valence-corrected chi connectivity index (χ2v) is 10.6. The molecule has 3 atom stereocenters. The first kappa shape index (κ1) is 21.7. The third-order valence-corrected chi connectivity index (χ3v) is 9.16. The van der Waals surface area contributed by atoms with E-state index in [1.165, 1.54) is 70.6 Å². The summed E-state index contributed by atoms with van der Waals surface area (Å²) in [6, 6.07) is 0. The number of hydrogen-bond donors (Lipinski definition) is 1. The van der Waals surface area contributed by atoms with Gasteiger partial charge in [0.15, 0.2) is 0 Å². The highest BCUT2D eigenvalue weighted by molar-refractivity contribution is 4.88. The summed E-state index contributed by atoms with van der Waals surface area (Å²) in [7, 11) is 0. The van der Waals surface area contributed by atoms with Gasteiger partial charge in [0.2, 0.25) is 0 Å². The van der Waals surface area contributed by atoms with Crippen LogP contribution < -0.4 is 0 Å². The Morgan fingerprint density at radius 3 is 1.85 bits per heavy atom. The molecule has 3 aliphatic carbocycles. The Bertz CT molecular complexity index is 389. The van der Waals surface area contributed by atoms with E-state index >= 15 is 0 Å². The molecule has 27 heavy (non-hydrogen) atoms. The molecule has 3 aliphatic rings. The van der Waals surface area contributed by atoms with Crippen molar-refractivity contribution in [1.82, 2.24) is 0 Å². The SMILES string of the molecule is CCCCC1CCC(C2CCC(C3CCC(CCO)CC3CC)CC2)CC1. The molecule has 0 amide bonds. The molecule has 0 spiro atoms. The van der Waals surface area contributed by atoms with Gasteiger partial charge in [0.1, 0.15) is 0 Å². The van der Waals surface area contributed by atoms with Crippen LogP contribution in [-0.2, 0) is 0 Å². The zero-order chi connectivity index (χ0) is 19.1. The van der Waals surface area contributed by atoms with Crippen molar-refractivity contribution in [2.24, 2.45) is 41.4 Å². The minimum absolute atomic E-state index is 0.400. The van der Waals surface area contributed by atoms with Crippen LogP contribution in [0.15, 0.2) is 0 Å². The van der Waals surface area contributed by atoms with Gasteiger partial charge < -0.3 is 5.11 Å². The van der Waals surface area contributed by atoms with Crippen LogP contribution in [0.4, 0.5) is 0 Å². The largest absolute Gasteiger partial charge is 0.396 e. The zero-order valence-corrected chi connectivity index (χ0v) is 18.5. The number of hydrogen-bond acceptors (Lipinski definition) is 1. The fraction of sp³-hybridized carbons (Fsp3) is 1.00. The summed E-state index contributed by atoms with van der Waals surface area (Å²) in [5.41, 5.74) is 0. The van der Waals surface area contributed by atoms with Gasteiger partial charge in [0.25, 0.3) is 0 Å². The second-order valence-electron chi connectivity index (χ2n) is 10.6. The molecule has 0 aromatic heterocycles. The number of rotatable bonds is 8. The quantitative estimate of drug-likeness (QED) is 0.462. The Labute approximate surface area is 170 Å². The molecule has 0 aromatic carbocycles. The fourth-order valence-electron chi connectivity index (χ4n) is 7.41. The van der Waals surface area contributed by atoms with E-state index in [9.17, 15) is 5.11 Å². The number of aliphatic hydroxyl groups is 1. The van der Waals surface area contributed by atoms with Gasteiger partial charge in [-0.25, -0.2) is 0 Å². The second kappa shape index (κ2) is 11.2. The van der Waals surface area contributed by atoms with Crippen LogP contribution in [0.3, 0.4) is 0 Å². The fourth-order valence-corrected chi connectivity index (χ4v) is 7.41. The summed E-state index contributed by atoms with van der Waals surface area (Å²) in [5.74, 6) is 7.02. The van der Waals surface area contributed by atoms with Gasteiger partial charge in [-0.1, -0.05) is 58.8 Å². The Morgan fingerprint density at radius 1 is 0.667 bits per heavy atom. The maximum atomic E-state index is 9.30. The molecule has 1 nitrogen and oxygen atoms in total.